The predicted molar refractivity (Wildman–Crippen MR) is 77.4 cm³/mol. The SMILES string of the molecule is CNCCCc1nn(C)cc1-c1ccc(OC)cc1. The second kappa shape index (κ2) is 6.38. The van der Waals surface area contributed by atoms with Gasteiger partial charge in [-0.1, -0.05) is 12.1 Å². The lowest BCUT2D eigenvalue weighted by Gasteiger charge is -2.04. The fourth-order valence-electron chi connectivity index (χ4n) is 2.16. The number of hydrogen-bond acceptors (Lipinski definition) is 3. The molecule has 0 radical (unpaired) electrons. The highest BCUT2D eigenvalue weighted by Crippen LogP contribution is 2.25. The molecule has 0 atom stereocenters. The van der Waals surface area contributed by atoms with Gasteiger partial charge < -0.3 is 10.1 Å². The van der Waals surface area contributed by atoms with Crippen molar-refractivity contribution < 1.29 is 4.74 Å². The Morgan fingerprint density at radius 2 is 2.00 bits per heavy atom. The van der Waals surface area contributed by atoms with Gasteiger partial charge in [0.1, 0.15) is 5.75 Å². The van der Waals surface area contributed by atoms with Crippen LogP contribution in [0.25, 0.3) is 11.1 Å². The summed E-state index contributed by atoms with van der Waals surface area (Å²) in [5, 5.41) is 7.73. The van der Waals surface area contributed by atoms with E-state index < -0.39 is 0 Å². The molecule has 1 aromatic heterocycles. The number of methoxy groups -OCH3 is 1. The molecule has 1 N–H and O–H groups in total. The van der Waals surface area contributed by atoms with Gasteiger partial charge in [0.25, 0.3) is 0 Å². The van der Waals surface area contributed by atoms with Crippen LogP contribution < -0.4 is 10.1 Å². The van der Waals surface area contributed by atoms with Crippen molar-refractivity contribution >= 4 is 0 Å². The van der Waals surface area contributed by atoms with E-state index in [9.17, 15) is 0 Å². The minimum Gasteiger partial charge on any atom is -0.497 e. The summed E-state index contributed by atoms with van der Waals surface area (Å²) in [5.74, 6) is 0.879. The monoisotopic (exact) mass is 259 g/mol. The van der Waals surface area contributed by atoms with Crippen molar-refractivity contribution in [2.24, 2.45) is 7.05 Å². The van der Waals surface area contributed by atoms with Crippen molar-refractivity contribution in [3.63, 3.8) is 0 Å². The number of nitrogens with zero attached hydrogens (tertiary/aromatic N) is 2. The molecular weight excluding hydrogens is 238 g/mol. The standard InChI is InChI=1S/C15H21N3O/c1-16-10-4-5-15-14(11-18(2)17-15)12-6-8-13(19-3)9-7-12/h6-9,11,16H,4-5,10H2,1-3H3. The highest BCUT2D eigenvalue weighted by molar-refractivity contribution is 5.66. The zero-order chi connectivity index (χ0) is 13.7. The fraction of sp³-hybridized carbons (Fsp3) is 0.400. The summed E-state index contributed by atoms with van der Waals surface area (Å²) in [6, 6.07) is 8.13. The second-order valence-corrected chi connectivity index (χ2v) is 4.60. The fourth-order valence-corrected chi connectivity index (χ4v) is 2.16. The number of aromatic nitrogens is 2. The largest absolute Gasteiger partial charge is 0.497 e. The molecule has 0 fully saturated rings. The average molecular weight is 259 g/mol. The third-order valence-corrected chi connectivity index (χ3v) is 3.15. The molecule has 4 heteroatoms. The van der Waals surface area contributed by atoms with E-state index in [-0.39, 0.29) is 0 Å². The summed E-state index contributed by atoms with van der Waals surface area (Å²) in [6.07, 6.45) is 4.16. The number of hydrogen-bond donors (Lipinski definition) is 1. The van der Waals surface area contributed by atoms with Gasteiger partial charge in [-0.3, -0.25) is 4.68 Å². The number of nitrogens with one attached hydrogen (secondary N) is 1. The lowest BCUT2D eigenvalue weighted by Crippen LogP contribution is -2.08. The van der Waals surface area contributed by atoms with Gasteiger partial charge in [-0.15, -0.1) is 0 Å². The normalized spacial score (nSPS) is 10.7. The van der Waals surface area contributed by atoms with Gasteiger partial charge in [0, 0.05) is 18.8 Å². The second-order valence-electron chi connectivity index (χ2n) is 4.60. The van der Waals surface area contributed by atoms with Crippen LogP contribution >= 0.6 is 0 Å². The predicted octanol–water partition coefficient (Wildman–Crippen LogP) is 2.25. The molecule has 0 aliphatic heterocycles. The van der Waals surface area contributed by atoms with Crippen LogP contribution in [0.15, 0.2) is 30.5 Å². The molecule has 4 nitrogen and oxygen atoms in total. The first-order valence-corrected chi connectivity index (χ1v) is 6.56. The van der Waals surface area contributed by atoms with Crippen LogP contribution in [0.4, 0.5) is 0 Å². The molecule has 2 rings (SSSR count). The van der Waals surface area contributed by atoms with Crippen molar-refractivity contribution in [3.8, 4) is 16.9 Å². The van der Waals surface area contributed by atoms with Crippen LogP contribution in [0.5, 0.6) is 5.75 Å². The molecule has 0 aliphatic carbocycles. The van der Waals surface area contributed by atoms with Crippen LogP contribution in [0.1, 0.15) is 12.1 Å². The summed E-state index contributed by atoms with van der Waals surface area (Å²) in [5.41, 5.74) is 3.55. The maximum absolute atomic E-state index is 5.19. The first-order valence-electron chi connectivity index (χ1n) is 6.56. The first-order chi connectivity index (χ1) is 9.24. The van der Waals surface area contributed by atoms with E-state index in [0.717, 1.165) is 30.8 Å². The Morgan fingerprint density at radius 1 is 1.26 bits per heavy atom. The maximum Gasteiger partial charge on any atom is 0.118 e. The first kappa shape index (κ1) is 13.6. The quantitative estimate of drug-likeness (QED) is 0.809. The Morgan fingerprint density at radius 3 is 2.63 bits per heavy atom. The Hall–Kier alpha value is -1.81. The van der Waals surface area contributed by atoms with Gasteiger partial charge in [0.2, 0.25) is 0 Å². The highest BCUT2D eigenvalue weighted by atomic mass is 16.5. The zero-order valence-electron chi connectivity index (χ0n) is 11.8. The van der Waals surface area contributed by atoms with Gasteiger partial charge in [0.15, 0.2) is 0 Å². The Labute approximate surface area is 114 Å². The average Bonchev–Trinajstić information content (AvgIpc) is 2.80. The van der Waals surface area contributed by atoms with Gasteiger partial charge in [-0.25, -0.2) is 0 Å². The van der Waals surface area contributed by atoms with Crippen LogP contribution in [-0.2, 0) is 13.5 Å². The summed E-state index contributed by atoms with van der Waals surface area (Å²) in [6.45, 7) is 1.01. The molecule has 2 aromatic rings. The van der Waals surface area contributed by atoms with E-state index in [1.165, 1.54) is 11.1 Å². The molecular formula is C15H21N3O. The topological polar surface area (TPSA) is 39.1 Å². The lowest BCUT2D eigenvalue weighted by atomic mass is 10.0. The van der Waals surface area contributed by atoms with Gasteiger partial charge in [0.05, 0.1) is 12.8 Å². The minimum absolute atomic E-state index is 0.879. The van der Waals surface area contributed by atoms with E-state index in [1.807, 2.05) is 30.9 Å². The van der Waals surface area contributed by atoms with E-state index in [1.54, 1.807) is 7.11 Å². The number of benzene rings is 1. The van der Waals surface area contributed by atoms with Gasteiger partial charge in [-0.2, -0.15) is 5.10 Å². The number of aryl methyl sites for hydroxylation is 2. The Bertz CT molecular complexity index is 517. The van der Waals surface area contributed by atoms with Crippen molar-refractivity contribution in [3.05, 3.63) is 36.2 Å². The third-order valence-electron chi connectivity index (χ3n) is 3.15. The van der Waals surface area contributed by atoms with Crippen molar-refractivity contribution in [1.29, 1.82) is 0 Å². The molecule has 0 amide bonds. The van der Waals surface area contributed by atoms with Crippen molar-refractivity contribution in [1.82, 2.24) is 15.1 Å². The molecule has 0 saturated carbocycles. The van der Waals surface area contributed by atoms with E-state index in [4.69, 9.17) is 4.74 Å². The maximum atomic E-state index is 5.19. The molecule has 0 unspecified atom stereocenters. The Kier molecular flexibility index (Phi) is 4.58. The summed E-state index contributed by atoms with van der Waals surface area (Å²) in [4.78, 5) is 0. The third kappa shape index (κ3) is 3.35. The van der Waals surface area contributed by atoms with Crippen molar-refractivity contribution in [2.45, 2.75) is 12.8 Å². The van der Waals surface area contributed by atoms with Gasteiger partial charge >= 0.3 is 0 Å². The van der Waals surface area contributed by atoms with E-state index >= 15 is 0 Å². The van der Waals surface area contributed by atoms with Gasteiger partial charge in [-0.05, 0) is 44.1 Å². The molecule has 19 heavy (non-hydrogen) atoms. The zero-order valence-corrected chi connectivity index (χ0v) is 11.8. The van der Waals surface area contributed by atoms with Crippen molar-refractivity contribution in [2.75, 3.05) is 20.7 Å². The van der Waals surface area contributed by atoms with Crippen LogP contribution in [0, 0.1) is 0 Å². The molecule has 1 aromatic carbocycles. The Balaban J connectivity index is 2.22. The lowest BCUT2D eigenvalue weighted by molar-refractivity contribution is 0.415. The number of ether oxygens (including phenoxy) is 1. The van der Waals surface area contributed by atoms with E-state index in [2.05, 4.69) is 28.7 Å². The molecule has 0 aliphatic rings. The summed E-state index contributed by atoms with van der Waals surface area (Å²) < 4.78 is 7.07. The molecule has 0 spiro atoms. The van der Waals surface area contributed by atoms with E-state index in [0.29, 0.717) is 0 Å². The molecule has 1 heterocycles. The minimum atomic E-state index is 0.879. The molecule has 0 saturated heterocycles. The highest BCUT2D eigenvalue weighted by Gasteiger charge is 2.09. The van der Waals surface area contributed by atoms with Crippen LogP contribution in [-0.4, -0.2) is 30.5 Å². The summed E-state index contributed by atoms with van der Waals surface area (Å²) >= 11 is 0. The molecule has 0 bridgehead atoms. The van der Waals surface area contributed by atoms with Crippen LogP contribution in [0.3, 0.4) is 0 Å². The smallest absolute Gasteiger partial charge is 0.118 e. The number of rotatable bonds is 6. The summed E-state index contributed by atoms with van der Waals surface area (Å²) in [7, 11) is 5.62. The molecule has 102 valence electrons. The van der Waals surface area contributed by atoms with Crippen LogP contribution in [0.2, 0.25) is 0 Å².